The van der Waals surface area contributed by atoms with Gasteiger partial charge in [0.25, 0.3) is 10.0 Å². The van der Waals surface area contributed by atoms with Crippen LogP contribution >= 0.6 is 11.5 Å². The van der Waals surface area contributed by atoms with Gasteiger partial charge in [0.05, 0.1) is 4.90 Å². The minimum atomic E-state index is -3.66. The normalized spacial score (nSPS) is 11.1. The van der Waals surface area contributed by atoms with Crippen LogP contribution < -0.4 is 16.0 Å². The van der Waals surface area contributed by atoms with Crippen LogP contribution in [0.15, 0.2) is 29.2 Å². The van der Waals surface area contributed by atoms with Crippen LogP contribution in [0, 0.1) is 0 Å². The van der Waals surface area contributed by atoms with Gasteiger partial charge in [-0.3, -0.25) is 10.6 Å². The van der Waals surface area contributed by atoms with Crippen molar-refractivity contribution in [3.63, 3.8) is 0 Å². The van der Waals surface area contributed by atoms with Gasteiger partial charge in [-0.2, -0.15) is 0 Å². The Morgan fingerprint density at radius 2 is 1.94 bits per heavy atom. The van der Waals surface area contributed by atoms with Gasteiger partial charge >= 0.3 is 0 Å². The summed E-state index contributed by atoms with van der Waals surface area (Å²) in [6.45, 7) is 0. The van der Waals surface area contributed by atoms with Crippen LogP contribution in [0.3, 0.4) is 0 Å². The quantitative estimate of drug-likeness (QED) is 0.529. The molecule has 2 rings (SSSR count). The van der Waals surface area contributed by atoms with E-state index < -0.39 is 10.0 Å². The lowest BCUT2D eigenvalue weighted by Crippen LogP contribution is -2.13. The largest absolute Gasteiger partial charge is 0.324 e. The van der Waals surface area contributed by atoms with E-state index in [-0.39, 0.29) is 10.0 Å². The second-order valence-electron chi connectivity index (χ2n) is 2.94. The molecule has 0 aliphatic carbocycles. The third-order valence-electron chi connectivity index (χ3n) is 1.85. The molecular formula is C7H8N6O2S2. The minimum absolute atomic E-state index is 0.103. The molecule has 1 aromatic heterocycles. The van der Waals surface area contributed by atoms with E-state index in [0.717, 1.165) is 11.5 Å². The molecule has 0 fully saturated rings. The average molecular weight is 272 g/mol. The van der Waals surface area contributed by atoms with Crippen LogP contribution in [0.1, 0.15) is 0 Å². The maximum atomic E-state index is 11.8. The Morgan fingerprint density at radius 3 is 2.47 bits per heavy atom. The van der Waals surface area contributed by atoms with E-state index in [9.17, 15) is 8.42 Å². The van der Waals surface area contributed by atoms with Crippen LogP contribution in [-0.4, -0.2) is 23.2 Å². The number of nitrogen functional groups attached to an aromatic ring is 1. The van der Waals surface area contributed by atoms with E-state index in [2.05, 4.69) is 24.9 Å². The van der Waals surface area contributed by atoms with Gasteiger partial charge in [-0.15, -0.1) is 0 Å². The van der Waals surface area contributed by atoms with Gasteiger partial charge in [0.15, 0.2) is 0 Å². The second-order valence-corrected chi connectivity index (χ2v) is 5.36. The summed E-state index contributed by atoms with van der Waals surface area (Å²) in [7, 11) is -3.66. The standard InChI is InChI=1S/C7H8N6O2S2/c8-9-5-1-3-6(4-2-5)17(14,15)11-7-10-12-13-16-7/h1-4,9H,8H2,(H,10,11,13). The third-order valence-corrected chi connectivity index (χ3v) is 3.85. The zero-order valence-electron chi connectivity index (χ0n) is 8.36. The van der Waals surface area contributed by atoms with E-state index in [1.807, 2.05) is 0 Å². The van der Waals surface area contributed by atoms with Gasteiger partial charge in [0.2, 0.25) is 5.13 Å². The van der Waals surface area contributed by atoms with Crippen molar-refractivity contribution in [1.29, 1.82) is 0 Å². The lowest BCUT2D eigenvalue weighted by atomic mass is 10.3. The van der Waals surface area contributed by atoms with Gasteiger partial charge in [-0.1, -0.05) is 9.59 Å². The molecule has 1 heterocycles. The van der Waals surface area contributed by atoms with E-state index >= 15 is 0 Å². The number of rotatable bonds is 4. The Labute approximate surface area is 101 Å². The highest BCUT2D eigenvalue weighted by molar-refractivity contribution is 7.93. The highest BCUT2D eigenvalue weighted by atomic mass is 32.2. The van der Waals surface area contributed by atoms with E-state index in [1.165, 1.54) is 12.1 Å². The van der Waals surface area contributed by atoms with Crippen molar-refractivity contribution in [2.75, 3.05) is 10.1 Å². The number of nitrogens with zero attached hydrogens (tertiary/aromatic N) is 3. The van der Waals surface area contributed by atoms with Crippen molar-refractivity contribution in [2.24, 2.45) is 5.84 Å². The molecule has 0 bridgehead atoms. The molecule has 0 unspecified atom stereocenters. The zero-order chi connectivity index (χ0) is 12.3. The summed E-state index contributed by atoms with van der Waals surface area (Å²) in [6, 6.07) is 5.94. The van der Waals surface area contributed by atoms with Crippen molar-refractivity contribution in [3.8, 4) is 0 Å². The fourth-order valence-electron chi connectivity index (χ4n) is 1.08. The van der Waals surface area contributed by atoms with Crippen LogP contribution in [0.2, 0.25) is 0 Å². The topological polar surface area (TPSA) is 123 Å². The molecule has 17 heavy (non-hydrogen) atoms. The SMILES string of the molecule is NNc1ccc(S(=O)(=O)Nc2nnns2)cc1. The smallest absolute Gasteiger partial charge is 0.263 e. The fourth-order valence-corrected chi connectivity index (χ4v) is 2.66. The highest BCUT2D eigenvalue weighted by Gasteiger charge is 2.15. The number of nitrogens with one attached hydrogen (secondary N) is 2. The Hall–Kier alpha value is -1.78. The summed E-state index contributed by atoms with van der Waals surface area (Å²) >= 11 is 0.857. The Morgan fingerprint density at radius 1 is 1.24 bits per heavy atom. The van der Waals surface area contributed by atoms with Gasteiger partial charge in [-0.25, -0.2) is 8.42 Å². The summed E-state index contributed by atoms with van der Waals surface area (Å²) in [5.41, 5.74) is 3.02. The fraction of sp³-hybridized carbons (Fsp3) is 0. The molecule has 0 saturated carbocycles. The van der Waals surface area contributed by atoms with Crippen LogP contribution in [0.25, 0.3) is 0 Å². The van der Waals surface area contributed by atoms with Crippen molar-refractivity contribution < 1.29 is 8.42 Å². The number of sulfonamides is 1. The molecule has 0 spiro atoms. The molecule has 0 radical (unpaired) electrons. The third kappa shape index (κ3) is 2.67. The summed E-state index contributed by atoms with van der Waals surface area (Å²) in [4.78, 5) is 0.103. The molecule has 8 nitrogen and oxygen atoms in total. The molecule has 2 aromatic rings. The molecule has 0 saturated heterocycles. The number of hydrogen-bond acceptors (Lipinski definition) is 8. The zero-order valence-corrected chi connectivity index (χ0v) is 9.99. The summed E-state index contributed by atoms with van der Waals surface area (Å²) in [5.74, 6) is 5.18. The first-order valence-electron chi connectivity index (χ1n) is 4.36. The van der Waals surface area contributed by atoms with Crippen molar-refractivity contribution in [3.05, 3.63) is 24.3 Å². The molecule has 0 aliphatic heterocycles. The van der Waals surface area contributed by atoms with Gasteiger partial charge in [0, 0.05) is 17.2 Å². The molecule has 0 amide bonds. The first-order valence-corrected chi connectivity index (χ1v) is 6.62. The lowest BCUT2D eigenvalue weighted by Gasteiger charge is -2.05. The maximum absolute atomic E-state index is 11.8. The second kappa shape index (κ2) is 4.61. The number of nitrogens with two attached hydrogens (primary N) is 1. The van der Waals surface area contributed by atoms with E-state index in [4.69, 9.17) is 5.84 Å². The van der Waals surface area contributed by atoms with Crippen LogP contribution in [-0.2, 0) is 10.0 Å². The molecule has 0 atom stereocenters. The summed E-state index contributed by atoms with van der Waals surface area (Å²) in [5, 5.41) is 6.90. The summed E-state index contributed by atoms with van der Waals surface area (Å²) < 4.78 is 29.4. The predicted molar refractivity (Wildman–Crippen MR) is 62.8 cm³/mol. The molecule has 1 aromatic carbocycles. The monoisotopic (exact) mass is 272 g/mol. The maximum Gasteiger partial charge on any atom is 0.263 e. The molecule has 90 valence electrons. The Balaban J connectivity index is 2.25. The lowest BCUT2D eigenvalue weighted by molar-refractivity contribution is 0.601. The number of aromatic nitrogens is 3. The highest BCUT2D eigenvalue weighted by Crippen LogP contribution is 2.17. The summed E-state index contributed by atoms with van der Waals surface area (Å²) in [6.07, 6.45) is 0. The van der Waals surface area contributed by atoms with Crippen molar-refractivity contribution in [2.45, 2.75) is 4.90 Å². The van der Waals surface area contributed by atoms with E-state index in [1.54, 1.807) is 12.1 Å². The molecule has 4 N–H and O–H groups in total. The van der Waals surface area contributed by atoms with Gasteiger partial charge < -0.3 is 5.43 Å². The number of hydrogen-bond donors (Lipinski definition) is 3. The van der Waals surface area contributed by atoms with Crippen LogP contribution in [0.5, 0.6) is 0 Å². The number of anilines is 2. The van der Waals surface area contributed by atoms with Gasteiger partial charge in [0.1, 0.15) is 0 Å². The van der Waals surface area contributed by atoms with Crippen molar-refractivity contribution in [1.82, 2.24) is 14.8 Å². The van der Waals surface area contributed by atoms with Crippen LogP contribution in [0.4, 0.5) is 10.8 Å². The predicted octanol–water partition coefficient (Wildman–Crippen LogP) is 0.0195. The average Bonchev–Trinajstić information content (AvgIpc) is 2.81. The van der Waals surface area contributed by atoms with Crippen molar-refractivity contribution >= 4 is 32.4 Å². The number of benzene rings is 1. The minimum Gasteiger partial charge on any atom is -0.324 e. The number of hydrazine groups is 1. The van der Waals surface area contributed by atoms with E-state index in [0.29, 0.717) is 5.69 Å². The molecular weight excluding hydrogens is 264 g/mol. The molecule has 10 heteroatoms. The first-order chi connectivity index (χ1) is 8.12. The molecule has 0 aliphatic rings. The van der Waals surface area contributed by atoms with Gasteiger partial charge in [-0.05, 0) is 29.5 Å². The first kappa shape index (κ1) is 11.7. The Kier molecular flexibility index (Phi) is 3.17. The Bertz CT molecular complexity index is 579.